The molecular formula is C16H20N2O5S2. The third-order valence-corrected chi connectivity index (χ3v) is 5.90. The van der Waals surface area contributed by atoms with Crippen molar-refractivity contribution in [2.45, 2.75) is 26.7 Å². The molecule has 0 unspecified atom stereocenters. The zero-order valence-corrected chi connectivity index (χ0v) is 16.1. The molecule has 0 atom stereocenters. The van der Waals surface area contributed by atoms with Crippen LogP contribution in [0.25, 0.3) is 10.9 Å². The number of carbonyl (C=O) groups excluding carboxylic acids is 1. The van der Waals surface area contributed by atoms with Crippen LogP contribution in [0.15, 0.2) is 18.2 Å². The van der Waals surface area contributed by atoms with Gasteiger partial charge in [0.15, 0.2) is 5.78 Å². The molecule has 0 fully saturated rings. The van der Waals surface area contributed by atoms with E-state index < -0.39 is 20.0 Å². The maximum atomic E-state index is 12.7. The van der Waals surface area contributed by atoms with E-state index >= 15 is 0 Å². The Morgan fingerprint density at radius 3 is 2.28 bits per heavy atom. The van der Waals surface area contributed by atoms with E-state index in [0.29, 0.717) is 40.7 Å². The van der Waals surface area contributed by atoms with Crippen molar-refractivity contribution in [3.8, 4) is 0 Å². The number of hydrogen-bond acceptors (Lipinski definition) is 5. The predicted molar refractivity (Wildman–Crippen MR) is 97.1 cm³/mol. The van der Waals surface area contributed by atoms with E-state index in [1.165, 1.54) is 22.2 Å². The lowest BCUT2D eigenvalue weighted by molar-refractivity contribution is 0.0913. The van der Waals surface area contributed by atoms with E-state index in [9.17, 15) is 21.6 Å². The summed E-state index contributed by atoms with van der Waals surface area (Å²) >= 11 is 0. The molecule has 1 aromatic carbocycles. The molecule has 0 aliphatic heterocycles. The Balaban J connectivity index is 2.38. The molecule has 3 rings (SSSR count). The van der Waals surface area contributed by atoms with E-state index in [2.05, 4.69) is 4.72 Å². The molecule has 0 amide bonds. The molecule has 1 aromatic heterocycles. The molecule has 0 bridgehead atoms. The summed E-state index contributed by atoms with van der Waals surface area (Å²) < 4.78 is 51.2. The van der Waals surface area contributed by atoms with Gasteiger partial charge < -0.3 is 0 Å². The van der Waals surface area contributed by atoms with Crippen molar-refractivity contribution in [3.63, 3.8) is 0 Å². The minimum atomic E-state index is -3.62. The minimum absolute atomic E-state index is 0.129. The average Bonchev–Trinajstić information content (AvgIpc) is 2.67. The van der Waals surface area contributed by atoms with Crippen LogP contribution in [0, 0.1) is 5.41 Å². The average molecular weight is 384 g/mol. The number of sulfonamides is 1. The first-order chi connectivity index (χ1) is 11.3. The molecule has 0 saturated carbocycles. The Bertz CT molecular complexity index is 1110. The number of aromatic nitrogens is 1. The highest BCUT2D eigenvalue weighted by molar-refractivity contribution is 7.92. The molecule has 2 aromatic rings. The van der Waals surface area contributed by atoms with Crippen LogP contribution in [0.3, 0.4) is 0 Å². The lowest BCUT2D eigenvalue weighted by atomic mass is 9.76. The molecule has 1 heterocycles. The zero-order valence-electron chi connectivity index (χ0n) is 14.5. The zero-order chi connectivity index (χ0) is 18.8. The van der Waals surface area contributed by atoms with Gasteiger partial charge in [-0.15, -0.1) is 0 Å². The van der Waals surface area contributed by atoms with Crippen LogP contribution in [0.5, 0.6) is 0 Å². The molecule has 7 nitrogen and oxygen atoms in total. The summed E-state index contributed by atoms with van der Waals surface area (Å²) in [6.45, 7) is 3.85. The quantitative estimate of drug-likeness (QED) is 0.872. The molecule has 1 aliphatic rings. The first-order valence-electron chi connectivity index (χ1n) is 7.67. The Hall–Kier alpha value is -1.87. The van der Waals surface area contributed by atoms with Gasteiger partial charge in [-0.2, -0.15) is 0 Å². The molecule has 0 radical (unpaired) electrons. The van der Waals surface area contributed by atoms with Crippen molar-refractivity contribution in [1.29, 1.82) is 0 Å². The van der Waals surface area contributed by atoms with Gasteiger partial charge in [-0.25, -0.2) is 20.8 Å². The van der Waals surface area contributed by atoms with Crippen molar-refractivity contribution >= 4 is 42.4 Å². The van der Waals surface area contributed by atoms with Crippen LogP contribution < -0.4 is 4.72 Å². The highest BCUT2D eigenvalue weighted by Gasteiger charge is 2.37. The minimum Gasteiger partial charge on any atom is -0.294 e. The van der Waals surface area contributed by atoms with Crippen LogP contribution in [0.2, 0.25) is 0 Å². The standard InChI is InChI=1S/C16H20N2O5S2/c1-16(2)8-13-15(14(19)9-16)11-7-10(17-24(3,20)21)5-6-12(11)18(13)25(4,22)23/h5-7,17H,8-9H2,1-4H3. The lowest BCUT2D eigenvalue weighted by Gasteiger charge is -2.29. The Morgan fingerprint density at radius 2 is 1.72 bits per heavy atom. The third-order valence-electron chi connectivity index (χ3n) is 4.22. The summed E-state index contributed by atoms with van der Waals surface area (Å²) in [6.07, 6.45) is 2.89. The van der Waals surface area contributed by atoms with Crippen molar-refractivity contribution in [3.05, 3.63) is 29.5 Å². The smallest absolute Gasteiger partial charge is 0.236 e. The molecule has 9 heteroatoms. The van der Waals surface area contributed by atoms with E-state index in [1.807, 2.05) is 13.8 Å². The van der Waals surface area contributed by atoms with Gasteiger partial charge in [0, 0.05) is 28.8 Å². The summed E-state index contributed by atoms with van der Waals surface area (Å²) in [5, 5.41) is 0.453. The highest BCUT2D eigenvalue weighted by atomic mass is 32.2. The SMILES string of the molecule is CC1(C)CC(=O)c2c(n(S(C)(=O)=O)c3ccc(NS(C)(=O)=O)cc23)C1. The number of nitrogens with one attached hydrogen (secondary N) is 1. The molecule has 136 valence electrons. The Kier molecular flexibility index (Phi) is 3.81. The fourth-order valence-electron chi connectivity index (χ4n) is 3.48. The van der Waals surface area contributed by atoms with Gasteiger partial charge in [0.2, 0.25) is 20.0 Å². The normalized spacial score (nSPS) is 17.5. The van der Waals surface area contributed by atoms with Crippen LogP contribution in [0.4, 0.5) is 5.69 Å². The second kappa shape index (κ2) is 5.31. The van der Waals surface area contributed by atoms with Crippen molar-refractivity contribution in [2.24, 2.45) is 5.41 Å². The second-order valence-electron chi connectivity index (χ2n) is 7.40. The number of anilines is 1. The number of carbonyl (C=O) groups is 1. The van der Waals surface area contributed by atoms with Gasteiger partial charge >= 0.3 is 0 Å². The fourth-order valence-corrected chi connectivity index (χ4v) is 5.11. The van der Waals surface area contributed by atoms with Crippen LogP contribution in [-0.4, -0.2) is 39.1 Å². The van der Waals surface area contributed by atoms with E-state index in [-0.39, 0.29) is 11.2 Å². The number of Topliss-reactive ketones (excluding diaryl/α,β-unsaturated/α-hetero) is 1. The van der Waals surface area contributed by atoms with Gasteiger partial charge in [0.25, 0.3) is 0 Å². The summed E-state index contributed by atoms with van der Waals surface area (Å²) in [5.41, 5.74) is 1.18. The maximum Gasteiger partial charge on any atom is 0.236 e. The number of nitrogens with zero attached hydrogens (tertiary/aromatic N) is 1. The van der Waals surface area contributed by atoms with Crippen molar-refractivity contribution < 1.29 is 21.6 Å². The second-order valence-corrected chi connectivity index (χ2v) is 11.0. The van der Waals surface area contributed by atoms with Crippen molar-refractivity contribution in [1.82, 2.24) is 3.97 Å². The number of benzene rings is 1. The maximum absolute atomic E-state index is 12.7. The number of rotatable bonds is 3. The van der Waals surface area contributed by atoms with Crippen LogP contribution in [-0.2, 0) is 26.5 Å². The number of hydrogen-bond donors (Lipinski definition) is 1. The molecule has 0 spiro atoms. The summed E-state index contributed by atoms with van der Waals surface area (Å²) in [5.74, 6) is -0.129. The molecule has 1 aliphatic carbocycles. The third kappa shape index (κ3) is 3.30. The van der Waals surface area contributed by atoms with Gasteiger partial charge in [0.05, 0.1) is 18.0 Å². The van der Waals surface area contributed by atoms with Crippen LogP contribution >= 0.6 is 0 Å². The monoisotopic (exact) mass is 384 g/mol. The number of fused-ring (bicyclic) bond motifs is 3. The summed E-state index contributed by atoms with van der Waals surface area (Å²) in [4.78, 5) is 12.7. The van der Waals surface area contributed by atoms with Gasteiger partial charge in [-0.1, -0.05) is 13.8 Å². The highest BCUT2D eigenvalue weighted by Crippen LogP contribution is 2.41. The van der Waals surface area contributed by atoms with E-state index in [1.54, 1.807) is 0 Å². The molecule has 0 saturated heterocycles. The Labute approximate surface area is 147 Å². The van der Waals surface area contributed by atoms with Crippen molar-refractivity contribution in [2.75, 3.05) is 17.2 Å². The van der Waals surface area contributed by atoms with Gasteiger partial charge in [-0.05, 0) is 30.0 Å². The summed E-state index contributed by atoms with van der Waals surface area (Å²) in [7, 11) is -7.10. The Morgan fingerprint density at radius 1 is 1.08 bits per heavy atom. The van der Waals surface area contributed by atoms with Gasteiger partial charge in [-0.3, -0.25) is 9.52 Å². The predicted octanol–water partition coefficient (Wildman–Crippen LogP) is 1.98. The fraction of sp³-hybridized carbons (Fsp3) is 0.438. The first kappa shape index (κ1) is 17.9. The molecule has 25 heavy (non-hydrogen) atoms. The lowest BCUT2D eigenvalue weighted by Crippen LogP contribution is -2.29. The van der Waals surface area contributed by atoms with Gasteiger partial charge in [0.1, 0.15) is 0 Å². The summed E-state index contributed by atoms with van der Waals surface area (Å²) in [6, 6.07) is 4.54. The van der Waals surface area contributed by atoms with Crippen LogP contribution in [0.1, 0.15) is 36.3 Å². The number of ketones is 1. The van der Waals surface area contributed by atoms with E-state index in [4.69, 9.17) is 0 Å². The first-order valence-corrected chi connectivity index (χ1v) is 11.4. The molecule has 1 N–H and O–H groups in total. The topological polar surface area (TPSA) is 102 Å². The molecular weight excluding hydrogens is 364 g/mol. The van der Waals surface area contributed by atoms with E-state index in [0.717, 1.165) is 12.5 Å². The largest absolute Gasteiger partial charge is 0.294 e.